The standard InChI is InChI=1S/C12H12BrN3OS/c13-11-5-4-10(18-11)7-15-12(17)16-9-3-1-2-8(14)6-9/h1-6H,7,14H2,(H2,15,16,17). The predicted octanol–water partition coefficient (Wildman–Crippen LogP) is 3.41. The van der Waals surface area contributed by atoms with E-state index >= 15 is 0 Å². The van der Waals surface area contributed by atoms with Crippen molar-refractivity contribution in [3.05, 3.63) is 45.1 Å². The van der Waals surface area contributed by atoms with Gasteiger partial charge in [0.15, 0.2) is 0 Å². The van der Waals surface area contributed by atoms with Crippen LogP contribution in [0.4, 0.5) is 16.2 Å². The van der Waals surface area contributed by atoms with Gasteiger partial charge in [0.25, 0.3) is 0 Å². The minimum Gasteiger partial charge on any atom is -0.399 e. The van der Waals surface area contributed by atoms with Gasteiger partial charge in [0.05, 0.1) is 10.3 Å². The van der Waals surface area contributed by atoms with E-state index in [-0.39, 0.29) is 6.03 Å². The molecule has 1 aromatic heterocycles. The lowest BCUT2D eigenvalue weighted by Gasteiger charge is -2.07. The number of nitrogens with one attached hydrogen (secondary N) is 2. The van der Waals surface area contributed by atoms with E-state index in [0.717, 1.165) is 8.66 Å². The monoisotopic (exact) mass is 325 g/mol. The zero-order valence-electron chi connectivity index (χ0n) is 9.44. The SMILES string of the molecule is Nc1cccc(NC(=O)NCc2ccc(Br)s2)c1. The Morgan fingerprint density at radius 3 is 2.83 bits per heavy atom. The molecule has 2 aromatic rings. The molecule has 0 saturated heterocycles. The summed E-state index contributed by atoms with van der Waals surface area (Å²) < 4.78 is 1.05. The summed E-state index contributed by atoms with van der Waals surface area (Å²) in [5.74, 6) is 0. The maximum atomic E-state index is 11.6. The van der Waals surface area contributed by atoms with E-state index in [1.54, 1.807) is 35.6 Å². The van der Waals surface area contributed by atoms with Crippen LogP contribution in [0.5, 0.6) is 0 Å². The molecule has 2 amide bonds. The Labute approximate surface area is 117 Å². The fraction of sp³-hybridized carbons (Fsp3) is 0.0833. The minimum atomic E-state index is -0.245. The third-order valence-electron chi connectivity index (χ3n) is 2.20. The van der Waals surface area contributed by atoms with Crippen LogP contribution in [0, 0.1) is 0 Å². The van der Waals surface area contributed by atoms with Crippen LogP contribution >= 0.6 is 27.3 Å². The maximum absolute atomic E-state index is 11.6. The van der Waals surface area contributed by atoms with E-state index < -0.39 is 0 Å². The molecule has 6 heteroatoms. The lowest BCUT2D eigenvalue weighted by Crippen LogP contribution is -2.27. The van der Waals surface area contributed by atoms with Gasteiger partial charge in [0.1, 0.15) is 0 Å². The molecule has 0 aliphatic rings. The number of benzene rings is 1. The van der Waals surface area contributed by atoms with Crippen molar-refractivity contribution in [2.75, 3.05) is 11.1 Å². The van der Waals surface area contributed by atoms with Gasteiger partial charge in [-0.1, -0.05) is 6.07 Å². The first-order valence-corrected chi connectivity index (χ1v) is 6.89. The average Bonchev–Trinajstić information content (AvgIpc) is 2.73. The van der Waals surface area contributed by atoms with Crippen LogP contribution in [0.15, 0.2) is 40.2 Å². The first-order chi connectivity index (χ1) is 8.63. The second-order valence-electron chi connectivity index (χ2n) is 3.64. The van der Waals surface area contributed by atoms with Crippen LogP contribution in [0.2, 0.25) is 0 Å². The number of halogens is 1. The van der Waals surface area contributed by atoms with Crippen molar-refractivity contribution in [2.45, 2.75) is 6.54 Å². The Balaban J connectivity index is 1.85. The van der Waals surface area contributed by atoms with E-state index in [4.69, 9.17) is 5.73 Å². The normalized spacial score (nSPS) is 10.1. The summed E-state index contributed by atoms with van der Waals surface area (Å²) in [6, 6.07) is 10.7. The Hall–Kier alpha value is -1.53. The van der Waals surface area contributed by atoms with Gasteiger partial charge in [-0.2, -0.15) is 0 Å². The highest BCUT2D eigenvalue weighted by molar-refractivity contribution is 9.11. The number of carbonyl (C=O) groups is 1. The molecule has 0 bridgehead atoms. The summed E-state index contributed by atoms with van der Waals surface area (Å²) in [5, 5.41) is 5.50. The van der Waals surface area contributed by atoms with Crippen molar-refractivity contribution in [1.82, 2.24) is 5.32 Å². The van der Waals surface area contributed by atoms with E-state index in [1.165, 1.54) is 0 Å². The lowest BCUT2D eigenvalue weighted by molar-refractivity contribution is 0.252. The Morgan fingerprint density at radius 2 is 2.17 bits per heavy atom. The number of urea groups is 1. The molecule has 1 heterocycles. The van der Waals surface area contributed by atoms with Gasteiger partial charge in [0.2, 0.25) is 0 Å². The van der Waals surface area contributed by atoms with Gasteiger partial charge in [0, 0.05) is 16.3 Å². The van der Waals surface area contributed by atoms with Gasteiger partial charge in [-0.15, -0.1) is 11.3 Å². The average molecular weight is 326 g/mol. The molecular weight excluding hydrogens is 314 g/mol. The highest BCUT2D eigenvalue weighted by Crippen LogP contribution is 2.21. The second-order valence-corrected chi connectivity index (χ2v) is 6.19. The molecule has 0 radical (unpaired) electrons. The summed E-state index contributed by atoms with van der Waals surface area (Å²) in [4.78, 5) is 12.7. The van der Waals surface area contributed by atoms with Crippen LogP contribution in [0.25, 0.3) is 0 Å². The lowest BCUT2D eigenvalue weighted by atomic mass is 10.3. The topological polar surface area (TPSA) is 67.1 Å². The number of amides is 2. The van der Waals surface area contributed by atoms with E-state index in [2.05, 4.69) is 26.6 Å². The number of hydrogen-bond donors (Lipinski definition) is 3. The summed E-state index contributed by atoms with van der Waals surface area (Å²) in [5.41, 5.74) is 6.93. The minimum absolute atomic E-state index is 0.245. The smallest absolute Gasteiger partial charge is 0.319 e. The second kappa shape index (κ2) is 5.88. The van der Waals surface area contributed by atoms with Crippen molar-refractivity contribution in [3.8, 4) is 0 Å². The first-order valence-electron chi connectivity index (χ1n) is 5.28. The molecule has 0 spiro atoms. The fourth-order valence-corrected chi connectivity index (χ4v) is 2.83. The summed E-state index contributed by atoms with van der Waals surface area (Å²) in [7, 11) is 0. The highest BCUT2D eigenvalue weighted by Gasteiger charge is 2.03. The molecular formula is C12H12BrN3OS. The van der Waals surface area contributed by atoms with Crippen LogP contribution in [-0.2, 0) is 6.54 Å². The van der Waals surface area contributed by atoms with Gasteiger partial charge < -0.3 is 16.4 Å². The molecule has 0 fully saturated rings. The molecule has 18 heavy (non-hydrogen) atoms. The molecule has 2 rings (SSSR count). The molecule has 0 aliphatic heterocycles. The number of nitrogens with two attached hydrogens (primary N) is 1. The fourth-order valence-electron chi connectivity index (χ4n) is 1.41. The third kappa shape index (κ3) is 3.75. The number of hydrogen-bond acceptors (Lipinski definition) is 3. The van der Waals surface area contributed by atoms with Gasteiger partial charge in [-0.25, -0.2) is 4.79 Å². The van der Waals surface area contributed by atoms with Crippen LogP contribution in [0.3, 0.4) is 0 Å². The highest BCUT2D eigenvalue weighted by atomic mass is 79.9. The van der Waals surface area contributed by atoms with Crippen molar-refractivity contribution in [2.24, 2.45) is 0 Å². The summed E-state index contributed by atoms with van der Waals surface area (Å²) >= 11 is 4.97. The van der Waals surface area contributed by atoms with Crippen LogP contribution in [0.1, 0.15) is 4.88 Å². The van der Waals surface area contributed by atoms with E-state index in [0.29, 0.717) is 17.9 Å². The number of rotatable bonds is 3. The molecule has 4 N–H and O–H groups in total. The Morgan fingerprint density at radius 1 is 1.33 bits per heavy atom. The molecule has 1 aromatic carbocycles. The van der Waals surface area contributed by atoms with Gasteiger partial charge in [-0.3, -0.25) is 0 Å². The molecule has 0 aliphatic carbocycles. The van der Waals surface area contributed by atoms with Crippen molar-refractivity contribution in [1.29, 1.82) is 0 Å². The molecule has 4 nitrogen and oxygen atoms in total. The summed E-state index contributed by atoms with van der Waals surface area (Å²) in [6.45, 7) is 0.504. The Kier molecular flexibility index (Phi) is 4.22. The zero-order valence-corrected chi connectivity index (χ0v) is 11.8. The van der Waals surface area contributed by atoms with Crippen molar-refractivity contribution >= 4 is 44.7 Å². The Bertz CT molecular complexity index is 556. The van der Waals surface area contributed by atoms with Crippen LogP contribution in [-0.4, -0.2) is 6.03 Å². The summed E-state index contributed by atoms with van der Waals surface area (Å²) in [6.07, 6.45) is 0. The van der Waals surface area contributed by atoms with E-state index in [1.807, 2.05) is 12.1 Å². The number of thiophene rings is 1. The largest absolute Gasteiger partial charge is 0.399 e. The quantitative estimate of drug-likeness (QED) is 0.757. The predicted molar refractivity (Wildman–Crippen MR) is 78.7 cm³/mol. The van der Waals surface area contributed by atoms with Crippen molar-refractivity contribution < 1.29 is 4.79 Å². The number of carbonyl (C=O) groups excluding carboxylic acids is 1. The molecule has 94 valence electrons. The maximum Gasteiger partial charge on any atom is 0.319 e. The van der Waals surface area contributed by atoms with Crippen molar-refractivity contribution in [3.63, 3.8) is 0 Å². The van der Waals surface area contributed by atoms with Gasteiger partial charge in [-0.05, 0) is 46.3 Å². The third-order valence-corrected chi connectivity index (χ3v) is 3.82. The molecule has 0 atom stereocenters. The van der Waals surface area contributed by atoms with Crippen LogP contribution < -0.4 is 16.4 Å². The first kappa shape index (κ1) is 12.9. The zero-order chi connectivity index (χ0) is 13.0. The number of nitrogen functional groups attached to an aromatic ring is 1. The van der Waals surface area contributed by atoms with Gasteiger partial charge >= 0.3 is 6.03 Å². The van der Waals surface area contributed by atoms with E-state index in [9.17, 15) is 4.79 Å². The molecule has 0 saturated carbocycles. The number of anilines is 2. The molecule has 0 unspecified atom stereocenters.